The fourth-order valence-electron chi connectivity index (χ4n) is 13.0. The van der Waals surface area contributed by atoms with Crippen LogP contribution in [0.1, 0.15) is 195 Å². The second kappa shape index (κ2) is 48.5. The number of hydrogen-bond acceptors (Lipinski definition) is 17. The fourth-order valence-corrected chi connectivity index (χ4v) is 13.2. The number of rotatable bonds is 11. The SMILES string of the molecule is C.C.C.C.C.CC(C)(C)OC(=O)N1CCC(C#N)(Cc2ccc(C(F)(F)F)cc2)CC1.CC(C)(C)OC(=O)N1CCC(C#N)CC1.FC(F)(F)c1ccc(CCl)cc1.N#CC1(Cc2ccc(C(F)(F)F)cc2)CCN(C(=O)c2cccnc2-c2ccncn2)CC1.N#CC1(Cc2ccc(C(F)(F)F)cc2)CCNCC1.O=C(O)c1cccnc1-c1ccncn1. The van der Waals surface area contributed by atoms with Crippen LogP contribution in [0.4, 0.5) is 62.3 Å². The molecule has 8 heterocycles. The first kappa shape index (κ1) is 109. The van der Waals surface area contributed by atoms with Crippen LogP contribution >= 0.6 is 11.6 Å². The number of carboxylic acids is 1. The Hall–Kier alpha value is -11.8. The maximum absolute atomic E-state index is 13.2. The molecule has 4 aliphatic rings. The number of nitrogens with one attached hydrogen (secondary N) is 1. The second-order valence-corrected chi connectivity index (χ2v) is 31.1. The van der Waals surface area contributed by atoms with E-state index in [1.165, 1.54) is 73.4 Å². The summed E-state index contributed by atoms with van der Waals surface area (Å²) < 4.78 is 160. The Morgan fingerprint density at radius 3 is 1.05 bits per heavy atom. The third kappa shape index (κ3) is 34.0. The summed E-state index contributed by atoms with van der Waals surface area (Å²) in [4.78, 5) is 76.9. The number of hydrogen-bond donors (Lipinski definition) is 2. The molecule has 34 heteroatoms. The van der Waals surface area contributed by atoms with Gasteiger partial charge in [0.2, 0.25) is 0 Å². The van der Waals surface area contributed by atoms with Gasteiger partial charge in [0.25, 0.3) is 5.91 Å². The van der Waals surface area contributed by atoms with E-state index < -0.39 is 86.5 Å². The summed E-state index contributed by atoms with van der Waals surface area (Å²) in [6.45, 7) is 15.3. The van der Waals surface area contributed by atoms with Crippen molar-refractivity contribution < 1.29 is 86.4 Å². The van der Waals surface area contributed by atoms with Crippen LogP contribution < -0.4 is 5.32 Å². The summed E-state index contributed by atoms with van der Waals surface area (Å²) in [5, 5.41) is 49.7. The number of pyridine rings is 2. The summed E-state index contributed by atoms with van der Waals surface area (Å²) in [7, 11) is 0. The normalized spacial score (nSPS) is 15.1. The Morgan fingerprint density at radius 2 is 0.752 bits per heavy atom. The van der Waals surface area contributed by atoms with E-state index in [9.17, 15) is 87.6 Å². The third-order valence-corrected chi connectivity index (χ3v) is 19.9. The smallest absolute Gasteiger partial charge is 0.416 e. The first-order valence-corrected chi connectivity index (χ1v) is 38.4. The lowest BCUT2D eigenvalue weighted by atomic mass is 9.75. The molecule has 0 saturated carbocycles. The Kier molecular flexibility index (Phi) is 42.4. The highest BCUT2D eigenvalue weighted by atomic mass is 35.5. The Labute approximate surface area is 728 Å². The number of nitriles is 4. The topological polar surface area (TPSA) is 301 Å². The van der Waals surface area contributed by atoms with Gasteiger partial charge in [0, 0.05) is 75.9 Å². The van der Waals surface area contributed by atoms with Gasteiger partial charge in [-0.1, -0.05) is 85.7 Å². The summed E-state index contributed by atoms with van der Waals surface area (Å²) in [5.74, 6) is -0.879. The first-order chi connectivity index (χ1) is 56.4. The van der Waals surface area contributed by atoms with E-state index in [0.29, 0.717) is 129 Å². The van der Waals surface area contributed by atoms with Gasteiger partial charge in [0.1, 0.15) is 35.2 Å². The molecule has 125 heavy (non-hydrogen) atoms. The molecule has 21 nitrogen and oxygen atoms in total. The van der Waals surface area contributed by atoms with Gasteiger partial charge in [-0.25, -0.2) is 34.3 Å². The number of aromatic nitrogens is 6. The molecule has 12 rings (SSSR count). The number of likely N-dealkylation sites (tertiary alicyclic amines) is 3. The van der Waals surface area contributed by atoms with Crippen molar-refractivity contribution in [2.45, 2.75) is 191 Å². The molecule has 2 N–H and O–H groups in total. The largest absolute Gasteiger partial charge is 0.478 e. The number of carbonyl (C=O) groups is 4. The number of benzene rings is 4. The second-order valence-electron chi connectivity index (χ2n) is 30.8. The van der Waals surface area contributed by atoms with Crippen LogP contribution in [-0.4, -0.2) is 137 Å². The molecular weight excluding hydrogens is 1660 g/mol. The van der Waals surface area contributed by atoms with Crippen LogP contribution in [0.25, 0.3) is 22.8 Å². The van der Waals surface area contributed by atoms with Crippen LogP contribution in [0.2, 0.25) is 0 Å². The average molecular weight is 1770 g/mol. The van der Waals surface area contributed by atoms with Gasteiger partial charge in [-0.3, -0.25) is 14.8 Å². The minimum Gasteiger partial charge on any atom is -0.478 e. The standard InChI is InChI=1S/C24H20F3N5O.C19H23F3N2O2.C14H15F3N2.C11H18N2O2.C10H7N3O2.C8H6ClF3.5CH4/c25-24(26,27)18-5-3-17(4-6-18)14-23(15-28)8-12-32(13-9-23)22(33)19-2-1-10-30-21(19)20-7-11-29-16-31-20;1-17(2,3)26-16(25)24-10-8-18(13-23,9-11-24)12-14-4-6-15(7-5-14)19(20,21)22;15-14(16,17)12-3-1-11(2-4-12)9-13(10-18)5-7-19-8-6-13;1-11(2,3)15-10(14)13-6-4-9(8-12)5-7-13;14-10(15)7-2-1-4-12-9(7)8-3-5-11-6-13-8;9-5-6-1-3-7(4-2-6)8(10,11)12;;;;;/h1-7,10-11,16H,8-9,12-14H2;4-7H,8-12H2,1-3H3;1-4,19H,5-9H2;9H,4-7H2,1-3H3;1-6H,(H,14,15);1-4H,5H2;5*1H4. The Morgan fingerprint density at radius 1 is 0.440 bits per heavy atom. The zero-order valence-electron chi connectivity index (χ0n) is 66.5. The molecule has 3 amide bonds. The quantitative estimate of drug-likeness (QED) is 0.0898. The van der Waals surface area contributed by atoms with E-state index in [1.807, 2.05) is 20.8 Å². The number of piperidine rings is 4. The van der Waals surface area contributed by atoms with Gasteiger partial charge in [-0.15, -0.1) is 11.6 Å². The molecular formula is C91H109ClF12N14O7. The molecule has 0 radical (unpaired) electrons. The average Bonchev–Trinajstić information content (AvgIpc) is 0.794. The number of halogens is 13. The van der Waals surface area contributed by atoms with Crippen molar-refractivity contribution in [1.82, 2.24) is 49.9 Å². The lowest BCUT2D eigenvalue weighted by Gasteiger charge is -2.38. The Balaban J connectivity index is 0.000000521. The number of amides is 3. The van der Waals surface area contributed by atoms with Crippen molar-refractivity contribution in [2.75, 3.05) is 52.4 Å². The van der Waals surface area contributed by atoms with Crippen LogP contribution in [-0.2, 0) is 59.3 Å². The fraction of sp³-hybridized carbons (Fsp3) is 0.451. The first-order valence-electron chi connectivity index (χ1n) is 37.9. The summed E-state index contributed by atoms with van der Waals surface area (Å²) >= 11 is 5.41. The highest BCUT2D eigenvalue weighted by Gasteiger charge is 2.41. The number of carbonyl (C=O) groups excluding carboxylic acids is 3. The molecule has 8 aromatic rings. The predicted molar refractivity (Wildman–Crippen MR) is 452 cm³/mol. The molecule has 0 unspecified atom stereocenters. The maximum atomic E-state index is 13.2. The number of ether oxygens (including phenoxy) is 2. The van der Waals surface area contributed by atoms with Crippen molar-refractivity contribution in [3.05, 3.63) is 227 Å². The molecule has 4 aromatic heterocycles. The van der Waals surface area contributed by atoms with Crippen molar-refractivity contribution in [1.29, 1.82) is 21.0 Å². The van der Waals surface area contributed by atoms with E-state index in [4.69, 9.17) is 31.4 Å². The summed E-state index contributed by atoms with van der Waals surface area (Å²) in [6, 6.07) is 38.8. The predicted octanol–water partition coefficient (Wildman–Crippen LogP) is 22.5. The maximum Gasteiger partial charge on any atom is 0.416 e. The number of nitrogens with zero attached hydrogens (tertiary/aromatic N) is 13. The number of alkyl halides is 13. The molecule has 4 fully saturated rings. The van der Waals surface area contributed by atoms with Gasteiger partial charge < -0.3 is 34.6 Å². The molecule has 0 bridgehead atoms. The van der Waals surface area contributed by atoms with E-state index in [0.717, 1.165) is 92.9 Å². The molecule has 4 aromatic carbocycles. The monoisotopic (exact) mass is 1770 g/mol. The van der Waals surface area contributed by atoms with E-state index in [1.54, 1.807) is 84.4 Å². The minimum atomic E-state index is -4.39. The van der Waals surface area contributed by atoms with Crippen molar-refractivity contribution >= 4 is 35.7 Å². The van der Waals surface area contributed by atoms with Crippen LogP contribution in [0.5, 0.6) is 0 Å². The molecule has 4 aliphatic heterocycles. The van der Waals surface area contributed by atoms with Crippen LogP contribution in [0, 0.1) is 67.5 Å². The lowest BCUT2D eigenvalue weighted by Crippen LogP contribution is -2.45. The van der Waals surface area contributed by atoms with Crippen molar-refractivity contribution in [3.63, 3.8) is 0 Å². The van der Waals surface area contributed by atoms with Crippen molar-refractivity contribution in [2.24, 2.45) is 22.2 Å². The number of carboxylic acid groups (broad SMARTS) is 1. The van der Waals surface area contributed by atoms with Gasteiger partial charge in [-0.2, -0.15) is 73.7 Å². The van der Waals surface area contributed by atoms with Gasteiger partial charge in [0.15, 0.2) is 0 Å². The molecule has 676 valence electrons. The van der Waals surface area contributed by atoms with Crippen LogP contribution in [0.3, 0.4) is 0 Å². The summed E-state index contributed by atoms with van der Waals surface area (Å²) in [6.07, 6.45) is -3.00. The summed E-state index contributed by atoms with van der Waals surface area (Å²) in [5.41, 5.74) is -0.339. The molecule has 0 aliphatic carbocycles. The van der Waals surface area contributed by atoms with E-state index >= 15 is 0 Å². The van der Waals surface area contributed by atoms with Gasteiger partial charge in [0.05, 0.1) is 85.3 Å². The Bertz CT molecular complexity index is 4830. The molecule has 0 atom stereocenters. The van der Waals surface area contributed by atoms with E-state index in [-0.39, 0.29) is 66.5 Å². The number of aromatic carboxylic acids is 1. The lowest BCUT2D eigenvalue weighted by molar-refractivity contribution is -0.138. The highest BCUT2D eigenvalue weighted by Crippen LogP contribution is 2.41. The zero-order chi connectivity index (χ0) is 88.3. The minimum absolute atomic E-state index is 0. The van der Waals surface area contributed by atoms with Gasteiger partial charge >= 0.3 is 42.9 Å². The highest BCUT2D eigenvalue weighted by molar-refractivity contribution is 6.17. The van der Waals surface area contributed by atoms with Crippen molar-refractivity contribution in [3.8, 4) is 47.1 Å². The van der Waals surface area contributed by atoms with E-state index in [2.05, 4.69) is 59.5 Å². The zero-order valence-corrected chi connectivity index (χ0v) is 67.3. The van der Waals surface area contributed by atoms with Crippen LogP contribution in [0.15, 0.2) is 171 Å². The van der Waals surface area contributed by atoms with Gasteiger partial charge in [-0.05, 0) is 232 Å². The molecule has 0 spiro atoms. The third-order valence-electron chi connectivity index (χ3n) is 19.6. The molecule has 4 saturated heterocycles.